The van der Waals surface area contributed by atoms with E-state index < -0.39 is 5.69 Å². The van der Waals surface area contributed by atoms with Crippen LogP contribution in [-0.2, 0) is 25.3 Å². The van der Waals surface area contributed by atoms with E-state index in [2.05, 4.69) is 9.97 Å². The van der Waals surface area contributed by atoms with Gasteiger partial charge in [-0.05, 0) is 19.8 Å². The number of hydrogen-bond donors (Lipinski definition) is 1. The van der Waals surface area contributed by atoms with Gasteiger partial charge in [0, 0.05) is 27.6 Å². The highest BCUT2D eigenvalue weighted by Gasteiger charge is 2.14. The second kappa shape index (κ2) is 6.26. The van der Waals surface area contributed by atoms with E-state index in [-0.39, 0.29) is 11.7 Å². The highest BCUT2D eigenvalue weighted by Crippen LogP contribution is 2.12. The van der Waals surface area contributed by atoms with E-state index in [9.17, 15) is 9.59 Å². The molecule has 0 fully saturated rings. The van der Waals surface area contributed by atoms with Gasteiger partial charge in [-0.3, -0.25) is 14.3 Å². The normalized spacial score (nSPS) is 13.0. The second-order valence-electron chi connectivity index (χ2n) is 5.37. The van der Waals surface area contributed by atoms with E-state index in [1.165, 1.54) is 4.57 Å². The maximum Gasteiger partial charge on any atom is 0.329 e. The molecule has 1 N–H and O–H groups in total. The van der Waals surface area contributed by atoms with Gasteiger partial charge in [-0.15, -0.1) is 0 Å². The van der Waals surface area contributed by atoms with Gasteiger partial charge in [0.1, 0.15) is 5.82 Å². The molecule has 0 aliphatic heterocycles. The van der Waals surface area contributed by atoms with E-state index in [1.54, 1.807) is 18.7 Å². The quantitative estimate of drug-likeness (QED) is 0.795. The van der Waals surface area contributed by atoms with E-state index in [1.807, 2.05) is 14.0 Å². The smallest absolute Gasteiger partial charge is 0.329 e. The Labute approximate surface area is 122 Å². The van der Waals surface area contributed by atoms with Crippen molar-refractivity contribution in [2.24, 2.45) is 14.1 Å². The lowest BCUT2D eigenvalue weighted by atomic mass is 10.1. The molecule has 0 spiro atoms. The molecule has 2 aromatic rings. The van der Waals surface area contributed by atoms with Crippen LogP contribution in [-0.4, -0.2) is 32.3 Å². The summed E-state index contributed by atoms with van der Waals surface area (Å²) in [5.41, 5.74) is 0.0530. The van der Waals surface area contributed by atoms with Crippen molar-refractivity contribution in [3.8, 4) is 0 Å². The number of imidazole rings is 1. The first kappa shape index (κ1) is 15.5. The number of methoxy groups -OCH3 is 1. The minimum atomic E-state index is -0.439. The molecule has 21 heavy (non-hydrogen) atoms. The number of unbranched alkanes of at least 4 members (excludes halogenated alkanes) is 1. The monoisotopic (exact) mass is 294 g/mol. The SMILES string of the molecule is COC(C)CCCCc1nc2c(c(=O)[nH]c(=O)n2C)n1C. The van der Waals surface area contributed by atoms with Crippen molar-refractivity contribution in [2.45, 2.75) is 38.7 Å². The van der Waals surface area contributed by atoms with Crippen LogP contribution in [0.3, 0.4) is 0 Å². The predicted octanol–water partition coefficient (Wildman–Crippen LogP) is 0.708. The third-order valence-electron chi connectivity index (χ3n) is 3.89. The molecule has 0 aliphatic carbocycles. The predicted molar refractivity (Wildman–Crippen MR) is 80.6 cm³/mol. The summed E-state index contributed by atoms with van der Waals surface area (Å²) in [6.07, 6.45) is 4.04. The minimum Gasteiger partial charge on any atom is -0.382 e. The third-order valence-corrected chi connectivity index (χ3v) is 3.89. The van der Waals surface area contributed by atoms with Crippen LogP contribution in [0.4, 0.5) is 0 Å². The Morgan fingerprint density at radius 3 is 2.62 bits per heavy atom. The average molecular weight is 294 g/mol. The zero-order valence-electron chi connectivity index (χ0n) is 13.0. The topological polar surface area (TPSA) is 81.9 Å². The van der Waals surface area contributed by atoms with Crippen molar-refractivity contribution >= 4 is 11.2 Å². The van der Waals surface area contributed by atoms with Gasteiger partial charge in [-0.2, -0.15) is 0 Å². The highest BCUT2D eigenvalue weighted by atomic mass is 16.5. The summed E-state index contributed by atoms with van der Waals surface area (Å²) in [4.78, 5) is 30.2. The van der Waals surface area contributed by atoms with Crippen LogP contribution in [0.25, 0.3) is 11.2 Å². The van der Waals surface area contributed by atoms with Gasteiger partial charge >= 0.3 is 5.69 Å². The standard InChI is InChI=1S/C14H22N4O3/c1-9(21-4)7-5-6-8-10-15-12-11(17(10)2)13(19)16-14(20)18(12)3/h9H,5-8H2,1-4H3,(H,16,19,20). The van der Waals surface area contributed by atoms with Crippen molar-refractivity contribution in [2.75, 3.05) is 7.11 Å². The fraction of sp³-hybridized carbons (Fsp3) is 0.643. The van der Waals surface area contributed by atoms with E-state index in [0.29, 0.717) is 11.2 Å². The Morgan fingerprint density at radius 2 is 1.95 bits per heavy atom. The maximum atomic E-state index is 11.9. The molecule has 7 nitrogen and oxygen atoms in total. The number of hydrogen-bond acceptors (Lipinski definition) is 4. The Kier molecular flexibility index (Phi) is 4.62. The molecule has 0 saturated heterocycles. The van der Waals surface area contributed by atoms with Crippen LogP contribution in [0, 0.1) is 0 Å². The van der Waals surface area contributed by atoms with Crippen molar-refractivity contribution < 1.29 is 4.74 Å². The second-order valence-corrected chi connectivity index (χ2v) is 5.37. The van der Waals surface area contributed by atoms with Crippen LogP contribution in [0.5, 0.6) is 0 Å². The number of nitrogens with zero attached hydrogens (tertiary/aromatic N) is 3. The number of nitrogens with one attached hydrogen (secondary N) is 1. The summed E-state index contributed by atoms with van der Waals surface area (Å²) in [5, 5.41) is 0. The van der Waals surface area contributed by atoms with Gasteiger partial charge < -0.3 is 9.30 Å². The molecular formula is C14H22N4O3. The van der Waals surface area contributed by atoms with Crippen molar-refractivity contribution in [1.82, 2.24) is 19.1 Å². The van der Waals surface area contributed by atoms with Gasteiger partial charge in [0.15, 0.2) is 11.2 Å². The molecule has 0 bridgehead atoms. The largest absolute Gasteiger partial charge is 0.382 e. The molecule has 116 valence electrons. The molecule has 0 aliphatic rings. The van der Waals surface area contributed by atoms with Gasteiger partial charge in [0.05, 0.1) is 6.10 Å². The van der Waals surface area contributed by atoms with Crippen LogP contribution in [0.2, 0.25) is 0 Å². The molecule has 2 rings (SSSR count). The zero-order chi connectivity index (χ0) is 15.6. The first-order valence-electron chi connectivity index (χ1n) is 7.13. The molecule has 1 atom stereocenters. The maximum absolute atomic E-state index is 11.9. The van der Waals surface area contributed by atoms with E-state index >= 15 is 0 Å². The zero-order valence-corrected chi connectivity index (χ0v) is 13.0. The summed E-state index contributed by atoms with van der Waals surface area (Å²) in [6, 6.07) is 0. The average Bonchev–Trinajstić information content (AvgIpc) is 2.78. The van der Waals surface area contributed by atoms with Crippen LogP contribution < -0.4 is 11.2 Å². The molecule has 0 radical (unpaired) electrons. The minimum absolute atomic E-state index is 0.258. The first-order chi connectivity index (χ1) is 9.95. The van der Waals surface area contributed by atoms with Crippen molar-refractivity contribution in [3.05, 3.63) is 26.7 Å². The third kappa shape index (κ3) is 3.07. The highest BCUT2D eigenvalue weighted by molar-refractivity contribution is 5.70. The molecule has 1 unspecified atom stereocenters. The van der Waals surface area contributed by atoms with E-state index in [4.69, 9.17) is 4.74 Å². The molecule has 0 aromatic carbocycles. The van der Waals surface area contributed by atoms with Gasteiger partial charge in [0.2, 0.25) is 0 Å². The molecule has 0 amide bonds. The number of aromatic amines is 1. The Balaban J connectivity index is 2.20. The number of aromatic nitrogens is 4. The molecule has 0 saturated carbocycles. The van der Waals surface area contributed by atoms with Crippen LogP contribution >= 0.6 is 0 Å². The molecule has 2 aromatic heterocycles. The lowest BCUT2D eigenvalue weighted by Crippen LogP contribution is -2.29. The molecule has 7 heteroatoms. The van der Waals surface area contributed by atoms with Crippen molar-refractivity contribution in [3.63, 3.8) is 0 Å². The van der Waals surface area contributed by atoms with E-state index in [0.717, 1.165) is 31.5 Å². The summed E-state index contributed by atoms with van der Waals surface area (Å²) >= 11 is 0. The molecular weight excluding hydrogens is 272 g/mol. The van der Waals surface area contributed by atoms with Crippen LogP contribution in [0.15, 0.2) is 9.59 Å². The number of rotatable bonds is 6. The number of ether oxygens (including phenoxy) is 1. The van der Waals surface area contributed by atoms with Gasteiger partial charge in [0.25, 0.3) is 5.56 Å². The Bertz CT molecular complexity index is 741. The Morgan fingerprint density at radius 1 is 1.24 bits per heavy atom. The summed E-state index contributed by atoms with van der Waals surface area (Å²) in [5.74, 6) is 0.821. The summed E-state index contributed by atoms with van der Waals surface area (Å²) in [7, 11) is 5.13. The molecule has 2 heterocycles. The lowest BCUT2D eigenvalue weighted by molar-refractivity contribution is 0.108. The number of H-pyrrole nitrogens is 1. The Hall–Kier alpha value is -1.89. The number of fused-ring (bicyclic) bond motifs is 1. The number of aryl methyl sites for hydroxylation is 3. The lowest BCUT2D eigenvalue weighted by Gasteiger charge is -2.08. The van der Waals surface area contributed by atoms with Gasteiger partial charge in [-0.1, -0.05) is 6.42 Å². The summed E-state index contributed by atoms with van der Waals surface area (Å²) < 4.78 is 8.35. The first-order valence-corrected chi connectivity index (χ1v) is 7.13. The fourth-order valence-electron chi connectivity index (χ4n) is 2.41. The van der Waals surface area contributed by atoms with Gasteiger partial charge in [-0.25, -0.2) is 9.78 Å². The fourth-order valence-corrected chi connectivity index (χ4v) is 2.41. The summed E-state index contributed by atoms with van der Waals surface area (Å²) in [6.45, 7) is 2.05. The van der Waals surface area contributed by atoms with Crippen molar-refractivity contribution in [1.29, 1.82) is 0 Å². The van der Waals surface area contributed by atoms with Crippen LogP contribution in [0.1, 0.15) is 32.0 Å².